The average Bonchev–Trinajstić information content (AvgIpc) is 2.79. The summed E-state index contributed by atoms with van der Waals surface area (Å²) in [5, 5.41) is 14.1. The minimum Gasteiger partial charge on any atom is -0.365 e. The van der Waals surface area contributed by atoms with Crippen LogP contribution in [0.25, 0.3) is 0 Å². The standard InChI is InChI=1S/C11H8BrN3S/c12-8-2-1-3-9(4-8)15-10(5-13)11-6-16-7-14-11/h1-4,6-7,10,15H. The monoisotopic (exact) mass is 293 g/mol. The normalized spacial score (nSPS) is 11.8. The van der Waals surface area contributed by atoms with Gasteiger partial charge in [0.25, 0.3) is 0 Å². The lowest BCUT2D eigenvalue weighted by Crippen LogP contribution is -2.08. The molecule has 1 aromatic heterocycles. The second-order valence-corrected chi connectivity index (χ2v) is 4.76. The van der Waals surface area contributed by atoms with E-state index in [4.69, 9.17) is 5.26 Å². The van der Waals surface area contributed by atoms with Crippen molar-refractivity contribution in [1.29, 1.82) is 5.26 Å². The maximum Gasteiger partial charge on any atom is 0.158 e. The van der Waals surface area contributed by atoms with E-state index < -0.39 is 6.04 Å². The molecule has 0 bridgehead atoms. The van der Waals surface area contributed by atoms with Crippen LogP contribution in [0.4, 0.5) is 5.69 Å². The number of halogens is 1. The van der Waals surface area contributed by atoms with E-state index in [0.29, 0.717) is 0 Å². The fourth-order valence-electron chi connectivity index (χ4n) is 1.28. The van der Waals surface area contributed by atoms with Gasteiger partial charge in [0.1, 0.15) is 0 Å². The van der Waals surface area contributed by atoms with Crippen LogP contribution in [-0.4, -0.2) is 4.98 Å². The van der Waals surface area contributed by atoms with Crippen LogP contribution in [0.5, 0.6) is 0 Å². The minimum atomic E-state index is -0.402. The maximum atomic E-state index is 9.07. The van der Waals surface area contributed by atoms with Gasteiger partial charge in [-0.2, -0.15) is 5.26 Å². The van der Waals surface area contributed by atoms with Gasteiger partial charge in [0.15, 0.2) is 6.04 Å². The van der Waals surface area contributed by atoms with E-state index in [1.807, 2.05) is 29.6 Å². The molecule has 0 saturated heterocycles. The van der Waals surface area contributed by atoms with Crippen molar-refractivity contribution in [2.75, 3.05) is 5.32 Å². The van der Waals surface area contributed by atoms with Gasteiger partial charge in [-0.1, -0.05) is 22.0 Å². The van der Waals surface area contributed by atoms with Crippen LogP contribution in [0.3, 0.4) is 0 Å². The van der Waals surface area contributed by atoms with E-state index >= 15 is 0 Å². The summed E-state index contributed by atoms with van der Waals surface area (Å²) in [5.41, 5.74) is 3.38. The minimum absolute atomic E-state index is 0.402. The van der Waals surface area contributed by atoms with Gasteiger partial charge in [0, 0.05) is 15.5 Å². The van der Waals surface area contributed by atoms with E-state index in [0.717, 1.165) is 15.9 Å². The number of hydrogen-bond donors (Lipinski definition) is 1. The van der Waals surface area contributed by atoms with Crippen LogP contribution in [0.1, 0.15) is 11.7 Å². The molecule has 0 fully saturated rings. The first-order valence-corrected chi connectivity index (χ1v) is 6.33. The Morgan fingerprint density at radius 3 is 3.00 bits per heavy atom. The first kappa shape index (κ1) is 11.1. The highest BCUT2D eigenvalue weighted by atomic mass is 79.9. The predicted molar refractivity (Wildman–Crippen MR) is 68.2 cm³/mol. The van der Waals surface area contributed by atoms with E-state index in [1.165, 1.54) is 11.3 Å². The van der Waals surface area contributed by atoms with Crippen molar-refractivity contribution < 1.29 is 0 Å². The van der Waals surface area contributed by atoms with E-state index in [-0.39, 0.29) is 0 Å². The lowest BCUT2D eigenvalue weighted by molar-refractivity contribution is 0.950. The molecular weight excluding hydrogens is 286 g/mol. The van der Waals surface area contributed by atoms with Gasteiger partial charge >= 0.3 is 0 Å². The Hall–Kier alpha value is -1.38. The van der Waals surface area contributed by atoms with Gasteiger partial charge in [-0.15, -0.1) is 11.3 Å². The third-order valence-electron chi connectivity index (χ3n) is 2.01. The summed E-state index contributed by atoms with van der Waals surface area (Å²) in [7, 11) is 0. The number of aromatic nitrogens is 1. The zero-order valence-corrected chi connectivity index (χ0v) is 10.6. The second kappa shape index (κ2) is 5.10. The van der Waals surface area contributed by atoms with Crippen molar-refractivity contribution in [1.82, 2.24) is 4.98 Å². The number of nitriles is 1. The van der Waals surface area contributed by atoms with Gasteiger partial charge in [-0.25, -0.2) is 4.98 Å². The van der Waals surface area contributed by atoms with Gasteiger partial charge in [0.05, 0.1) is 17.3 Å². The van der Waals surface area contributed by atoms with E-state index in [1.54, 1.807) is 5.51 Å². The Kier molecular flexibility index (Phi) is 3.54. The van der Waals surface area contributed by atoms with Crippen LogP contribution in [0.15, 0.2) is 39.6 Å². The van der Waals surface area contributed by atoms with Gasteiger partial charge < -0.3 is 5.32 Å². The second-order valence-electron chi connectivity index (χ2n) is 3.13. The highest BCUT2D eigenvalue weighted by Crippen LogP contribution is 2.21. The largest absolute Gasteiger partial charge is 0.365 e. The lowest BCUT2D eigenvalue weighted by atomic mass is 10.2. The number of benzene rings is 1. The van der Waals surface area contributed by atoms with E-state index in [2.05, 4.69) is 32.3 Å². The van der Waals surface area contributed by atoms with Gasteiger partial charge in [0.2, 0.25) is 0 Å². The Morgan fingerprint density at radius 1 is 1.50 bits per heavy atom. The molecule has 0 radical (unpaired) electrons. The fraction of sp³-hybridized carbons (Fsp3) is 0.0909. The molecule has 0 amide bonds. The van der Waals surface area contributed by atoms with E-state index in [9.17, 15) is 0 Å². The van der Waals surface area contributed by atoms with Gasteiger partial charge in [-0.3, -0.25) is 0 Å². The molecule has 1 atom stereocenters. The van der Waals surface area contributed by atoms with Crippen molar-refractivity contribution >= 4 is 33.0 Å². The summed E-state index contributed by atoms with van der Waals surface area (Å²) in [5.74, 6) is 0. The highest BCUT2D eigenvalue weighted by molar-refractivity contribution is 9.10. The third-order valence-corrected chi connectivity index (χ3v) is 3.11. The summed E-state index contributed by atoms with van der Waals surface area (Å²) in [6, 6.07) is 9.49. The molecule has 1 aromatic carbocycles. The smallest absolute Gasteiger partial charge is 0.158 e. The molecule has 0 saturated carbocycles. The van der Waals surface area contributed by atoms with Crippen LogP contribution in [-0.2, 0) is 0 Å². The van der Waals surface area contributed by atoms with Crippen molar-refractivity contribution in [3.8, 4) is 6.07 Å². The number of rotatable bonds is 3. The molecule has 1 heterocycles. The number of nitrogens with zero attached hydrogens (tertiary/aromatic N) is 2. The van der Waals surface area contributed by atoms with Crippen molar-refractivity contribution in [3.05, 3.63) is 45.3 Å². The van der Waals surface area contributed by atoms with Crippen LogP contribution in [0, 0.1) is 11.3 Å². The van der Waals surface area contributed by atoms with Crippen LogP contribution in [0.2, 0.25) is 0 Å². The van der Waals surface area contributed by atoms with Crippen LogP contribution < -0.4 is 5.32 Å². The maximum absolute atomic E-state index is 9.07. The lowest BCUT2D eigenvalue weighted by Gasteiger charge is -2.10. The number of anilines is 1. The molecule has 5 heteroatoms. The summed E-state index contributed by atoms with van der Waals surface area (Å²) < 4.78 is 0.979. The Labute approximate surface area is 106 Å². The molecule has 0 aliphatic rings. The molecule has 80 valence electrons. The first-order chi connectivity index (χ1) is 7.79. The number of hydrogen-bond acceptors (Lipinski definition) is 4. The van der Waals surface area contributed by atoms with Crippen molar-refractivity contribution in [2.45, 2.75) is 6.04 Å². The van der Waals surface area contributed by atoms with Crippen molar-refractivity contribution in [2.24, 2.45) is 0 Å². The Balaban J connectivity index is 2.17. The van der Waals surface area contributed by atoms with Crippen LogP contribution >= 0.6 is 27.3 Å². The molecular formula is C11H8BrN3S. The summed E-state index contributed by atoms with van der Waals surface area (Å²) >= 11 is 4.87. The molecule has 0 aliphatic carbocycles. The third kappa shape index (κ3) is 2.60. The Bertz CT molecular complexity index is 504. The molecule has 1 unspecified atom stereocenters. The summed E-state index contributed by atoms with van der Waals surface area (Å²) in [4.78, 5) is 4.13. The molecule has 1 N–H and O–H groups in total. The molecule has 0 aliphatic heterocycles. The highest BCUT2D eigenvalue weighted by Gasteiger charge is 2.11. The zero-order chi connectivity index (χ0) is 11.4. The zero-order valence-electron chi connectivity index (χ0n) is 8.22. The topological polar surface area (TPSA) is 48.7 Å². The summed E-state index contributed by atoms with van der Waals surface area (Å²) in [6.07, 6.45) is 0. The molecule has 0 spiro atoms. The van der Waals surface area contributed by atoms with Crippen molar-refractivity contribution in [3.63, 3.8) is 0 Å². The quantitative estimate of drug-likeness (QED) is 0.941. The predicted octanol–water partition coefficient (Wildman–Crippen LogP) is 3.58. The molecule has 2 aromatic rings. The molecule has 16 heavy (non-hydrogen) atoms. The fourth-order valence-corrected chi connectivity index (χ4v) is 2.26. The molecule has 3 nitrogen and oxygen atoms in total. The first-order valence-electron chi connectivity index (χ1n) is 4.59. The number of thiazole rings is 1. The Morgan fingerprint density at radius 2 is 2.38 bits per heavy atom. The molecule has 2 rings (SSSR count). The van der Waals surface area contributed by atoms with Gasteiger partial charge in [-0.05, 0) is 18.2 Å². The average molecular weight is 294 g/mol. The number of nitrogens with one attached hydrogen (secondary N) is 1. The summed E-state index contributed by atoms with van der Waals surface area (Å²) in [6.45, 7) is 0. The SMILES string of the molecule is N#CC(Nc1cccc(Br)c1)c1cscn1.